The number of nitrogens with one attached hydrogen (secondary N) is 1. The lowest BCUT2D eigenvalue weighted by Crippen LogP contribution is -2.40. The molecule has 0 saturated heterocycles. The predicted octanol–water partition coefficient (Wildman–Crippen LogP) is 2.84. The van der Waals surface area contributed by atoms with Crippen molar-refractivity contribution in [2.45, 2.75) is 44.5 Å². The largest absolute Gasteiger partial charge is 0.598 e. The van der Waals surface area contributed by atoms with Gasteiger partial charge in [0.25, 0.3) is 0 Å². The molecule has 1 rings (SSSR count). The molecule has 0 spiro atoms. The van der Waals surface area contributed by atoms with Crippen LogP contribution in [0.2, 0.25) is 0 Å². The van der Waals surface area contributed by atoms with Gasteiger partial charge in [0.1, 0.15) is 10.4 Å². The van der Waals surface area contributed by atoms with Gasteiger partial charge in [-0.25, -0.2) is 4.98 Å². The van der Waals surface area contributed by atoms with Crippen LogP contribution in [0.3, 0.4) is 0 Å². The molecule has 0 fully saturated rings. The summed E-state index contributed by atoms with van der Waals surface area (Å²) in [5, 5.41) is 0. The zero-order valence-corrected chi connectivity index (χ0v) is 13.2. The zero-order valence-electron chi connectivity index (χ0n) is 12.4. The number of nitrogens with two attached hydrogens (primary N) is 1. The number of nitrogen functional groups attached to an aromatic ring is 1. The summed E-state index contributed by atoms with van der Waals surface area (Å²) in [5.41, 5.74) is 4.72. The minimum atomic E-state index is -4.54. The summed E-state index contributed by atoms with van der Waals surface area (Å²) >= 11 is -1.29. The van der Waals surface area contributed by atoms with Crippen LogP contribution in [0.1, 0.15) is 45.0 Å². The van der Waals surface area contributed by atoms with Gasteiger partial charge in [0.05, 0.1) is 0 Å². The second-order valence-electron chi connectivity index (χ2n) is 5.84. The van der Waals surface area contributed by atoms with Crippen molar-refractivity contribution >= 4 is 17.0 Å². The van der Waals surface area contributed by atoms with Gasteiger partial charge in [-0.05, 0) is 32.9 Å². The first-order valence-electron chi connectivity index (χ1n) is 6.41. The number of hydrogen-bond donors (Lipinski definition) is 2. The highest BCUT2D eigenvalue weighted by atomic mass is 32.2. The van der Waals surface area contributed by atoms with Crippen LogP contribution in [0.5, 0.6) is 0 Å². The van der Waals surface area contributed by atoms with Gasteiger partial charge in [-0.15, -0.1) is 4.72 Å². The van der Waals surface area contributed by atoms with Gasteiger partial charge < -0.3 is 10.3 Å². The molecule has 0 aliphatic heterocycles. The topological polar surface area (TPSA) is 74.0 Å². The third-order valence-corrected chi connectivity index (χ3v) is 4.28. The maximum Gasteiger partial charge on any atom is 0.433 e. The molecule has 1 aromatic rings. The number of pyridine rings is 1. The number of nitrogens with zero attached hydrogens (tertiary/aromatic N) is 1. The number of aromatic nitrogens is 1. The highest BCUT2D eigenvalue weighted by Crippen LogP contribution is 2.30. The third kappa shape index (κ3) is 5.37. The average Bonchev–Trinajstić information content (AvgIpc) is 2.32. The first kappa shape index (κ1) is 18.1. The van der Waals surface area contributed by atoms with Crippen LogP contribution >= 0.6 is 0 Å². The monoisotopic (exact) mass is 323 g/mol. The molecule has 0 amide bonds. The van der Waals surface area contributed by atoms with E-state index in [1.165, 1.54) is 6.07 Å². The number of halogens is 3. The Morgan fingerprint density at radius 3 is 2.38 bits per heavy atom. The van der Waals surface area contributed by atoms with Crippen LogP contribution in [0.4, 0.5) is 18.9 Å². The summed E-state index contributed by atoms with van der Waals surface area (Å²) in [5.74, 6) is -0.346. The lowest BCUT2D eigenvalue weighted by atomic mass is 10.1. The molecule has 120 valence electrons. The second-order valence-corrected chi connectivity index (χ2v) is 7.89. The lowest BCUT2D eigenvalue weighted by Gasteiger charge is -2.25. The van der Waals surface area contributed by atoms with Crippen LogP contribution in [0.25, 0.3) is 0 Å². The average molecular weight is 323 g/mol. The Kier molecular flexibility index (Phi) is 5.51. The van der Waals surface area contributed by atoms with Gasteiger partial charge in [0.2, 0.25) is 0 Å². The number of hydrogen-bond acceptors (Lipinski definition) is 4. The van der Waals surface area contributed by atoms with Crippen LogP contribution in [0, 0.1) is 0 Å². The van der Waals surface area contributed by atoms with Gasteiger partial charge in [-0.3, -0.25) is 0 Å². The van der Waals surface area contributed by atoms with Crippen molar-refractivity contribution in [3.63, 3.8) is 0 Å². The Labute approximate surface area is 125 Å². The van der Waals surface area contributed by atoms with Crippen molar-refractivity contribution in [3.8, 4) is 0 Å². The fourth-order valence-electron chi connectivity index (χ4n) is 1.49. The Morgan fingerprint density at radius 2 is 1.90 bits per heavy atom. The molecule has 4 nitrogen and oxygen atoms in total. The first-order chi connectivity index (χ1) is 9.41. The summed E-state index contributed by atoms with van der Waals surface area (Å²) < 4.78 is 52.3. The molecule has 0 aromatic carbocycles. The standard InChI is InChI=1S/C13H20F3N3OS/c1-8(7-18-21(20)12(2,3)4)10-5-9(17)6-11(19-10)13(14,15)16/h5-6,8,18H,7H2,1-4H3,(H2,17,19). The maximum atomic E-state index is 12.7. The number of alkyl halides is 3. The summed E-state index contributed by atoms with van der Waals surface area (Å²) in [7, 11) is 0. The van der Waals surface area contributed by atoms with Crippen LogP contribution < -0.4 is 10.5 Å². The summed E-state index contributed by atoms with van der Waals surface area (Å²) in [6, 6.07) is 2.21. The molecule has 1 aromatic heterocycles. The van der Waals surface area contributed by atoms with Crippen molar-refractivity contribution in [2.24, 2.45) is 0 Å². The third-order valence-electron chi connectivity index (χ3n) is 2.74. The minimum Gasteiger partial charge on any atom is -0.598 e. The van der Waals surface area contributed by atoms with E-state index >= 15 is 0 Å². The van der Waals surface area contributed by atoms with E-state index in [1.54, 1.807) is 27.7 Å². The number of rotatable bonds is 4. The van der Waals surface area contributed by atoms with Crippen LogP contribution in [0.15, 0.2) is 12.1 Å². The lowest BCUT2D eigenvalue weighted by molar-refractivity contribution is -0.141. The van der Waals surface area contributed by atoms with Gasteiger partial charge in [0, 0.05) is 35.2 Å². The van der Waals surface area contributed by atoms with E-state index in [0.717, 1.165) is 6.07 Å². The van der Waals surface area contributed by atoms with Gasteiger partial charge in [0.15, 0.2) is 0 Å². The Bertz CT molecular complexity index is 489. The van der Waals surface area contributed by atoms with E-state index in [9.17, 15) is 17.7 Å². The fraction of sp³-hybridized carbons (Fsp3) is 0.615. The zero-order chi connectivity index (χ0) is 16.4. The Morgan fingerprint density at radius 1 is 1.33 bits per heavy atom. The minimum absolute atomic E-state index is 0.0103. The highest BCUT2D eigenvalue weighted by Gasteiger charge is 2.33. The summed E-state index contributed by atoms with van der Waals surface area (Å²) in [6.45, 7) is 7.37. The first-order valence-corrected chi connectivity index (χ1v) is 7.56. The van der Waals surface area contributed by atoms with Crippen molar-refractivity contribution in [1.82, 2.24) is 9.71 Å². The maximum absolute atomic E-state index is 12.7. The van der Waals surface area contributed by atoms with Crippen molar-refractivity contribution in [2.75, 3.05) is 12.3 Å². The van der Waals surface area contributed by atoms with E-state index in [4.69, 9.17) is 5.73 Å². The molecule has 0 aliphatic rings. The van der Waals surface area contributed by atoms with E-state index < -0.39 is 28.0 Å². The predicted molar refractivity (Wildman–Crippen MR) is 78.0 cm³/mol. The van der Waals surface area contributed by atoms with Gasteiger partial charge in [-0.1, -0.05) is 6.92 Å². The molecule has 21 heavy (non-hydrogen) atoms. The van der Waals surface area contributed by atoms with Gasteiger partial charge in [-0.2, -0.15) is 13.2 Å². The van der Waals surface area contributed by atoms with Crippen LogP contribution in [-0.4, -0.2) is 20.8 Å². The molecular weight excluding hydrogens is 303 g/mol. The second kappa shape index (κ2) is 6.41. The molecule has 3 N–H and O–H groups in total. The molecule has 2 unspecified atom stereocenters. The number of anilines is 1. The Balaban J connectivity index is 2.84. The van der Waals surface area contributed by atoms with Crippen molar-refractivity contribution in [3.05, 3.63) is 23.5 Å². The summed E-state index contributed by atoms with van der Waals surface area (Å²) in [6.07, 6.45) is -4.54. The quantitative estimate of drug-likeness (QED) is 0.836. The van der Waals surface area contributed by atoms with Gasteiger partial charge >= 0.3 is 6.18 Å². The normalized spacial score (nSPS) is 15.8. The highest BCUT2D eigenvalue weighted by molar-refractivity contribution is 7.90. The summed E-state index contributed by atoms with van der Waals surface area (Å²) in [4.78, 5) is 3.60. The molecular formula is C13H20F3N3OS. The molecule has 0 radical (unpaired) electrons. The van der Waals surface area contributed by atoms with E-state index in [1.807, 2.05) is 0 Å². The fourth-order valence-corrected chi connectivity index (χ4v) is 2.33. The molecule has 0 bridgehead atoms. The molecule has 2 atom stereocenters. The van der Waals surface area contributed by atoms with E-state index in [0.29, 0.717) is 0 Å². The van der Waals surface area contributed by atoms with Crippen molar-refractivity contribution in [1.29, 1.82) is 0 Å². The Hall–Kier alpha value is -0.990. The smallest absolute Gasteiger partial charge is 0.433 e. The molecule has 0 aliphatic carbocycles. The van der Waals surface area contributed by atoms with Crippen LogP contribution in [-0.2, 0) is 17.5 Å². The van der Waals surface area contributed by atoms with E-state index in [-0.39, 0.29) is 23.8 Å². The molecule has 8 heteroatoms. The van der Waals surface area contributed by atoms with E-state index in [2.05, 4.69) is 9.71 Å². The molecule has 1 heterocycles. The molecule has 0 saturated carbocycles. The van der Waals surface area contributed by atoms with Crippen molar-refractivity contribution < 1.29 is 17.7 Å². The SMILES string of the molecule is CC(CN[S+]([O-])C(C)(C)C)c1cc(N)cc(C(F)(F)F)n1.